The molecule has 0 aliphatic carbocycles. The largest absolute Gasteiger partial charge is 0.389 e. The Morgan fingerprint density at radius 2 is 2.20 bits per heavy atom. The highest BCUT2D eigenvalue weighted by atomic mass is 32.1. The molecule has 2 N–H and O–H groups in total. The van der Waals surface area contributed by atoms with E-state index in [1.165, 1.54) is 0 Å². The third-order valence-corrected chi connectivity index (χ3v) is 4.14. The number of hydrogen-bond acceptors (Lipinski definition) is 6. The van der Waals surface area contributed by atoms with Crippen molar-refractivity contribution in [1.29, 1.82) is 0 Å². The molecule has 0 aromatic carbocycles. The van der Waals surface area contributed by atoms with E-state index in [1.54, 1.807) is 43.8 Å². The molecule has 2 heterocycles. The summed E-state index contributed by atoms with van der Waals surface area (Å²) < 4.78 is 0. The molecule has 0 aliphatic rings. The maximum absolute atomic E-state index is 9.84. The molecular weight excluding hydrogens is 272 g/mol. The van der Waals surface area contributed by atoms with E-state index < -0.39 is 5.60 Å². The van der Waals surface area contributed by atoms with Crippen LogP contribution in [0.1, 0.15) is 26.5 Å². The summed E-state index contributed by atoms with van der Waals surface area (Å²) in [5, 5.41) is 16.1. The molecule has 1 atom stereocenters. The Bertz CT molecular complexity index is 536. The Hall–Kier alpha value is -1.37. The monoisotopic (exact) mass is 292 g/mol. The van der Waals surface area contributed by atoms with Gasteiger partial charge in [-0.3, -0.25) is 9.97 Å². The maximum Gasteiger partial charge on any atom is 0.143 e. The van der Waals surface area contributed by atoms with E-state index in [9.17, 15) is 5.11 Å². The Morgan fingerprint density at radius 3 is 2.85 bits per heavy atom. The molecule has 0 saturated carbocycles. The zero-order chi connectivity index (χ0) is 14.6. The lowest BCUT2D eigenvalue weighted by atomic mass is 10.0. The number of aliphatic hydroxyl groups is 1. The van der Waals surface area contributed by atoms with Crippen LogP contribution in [0.4, 0.5) is 0 Å². The molecule has 6 heteroatoms. The first-order valence-corrected chi connectivity index (χ1v) is 7.51. The molecule has 0 bridgehead atoms. The molecule has 0 spiro atoms. The fourth-order valence-electron chi connectivity index (χ4n) is 1.62. The van der Waals surface area contributed by atoms with Crippen molar-refractivity contribution in [2.24, 2.45) is 0 Å². The summed E-state index contributed by atoms with van der Waals surface area (Å²) in [5.41, 5.74) is 1.13. The standard InChI is InChI=1S/C14H20N4OS/c1-10(14(2,3)19)16-5-4-11-9-20-13(18-11)12-8-15-6-7-17-12/h6-10,16,19H,4-5H2,1-3H3. The molecule has 0 amide bonds. The summed E-state index contributed by atoms with van der Waals surface area (Å²) in [6, 6.07) is 0.0422. The second-order valence-electron chi connectivity index (χ2n) is 5.31. The van der Waals surface area contributed by atoms with Gasteiger partial charge in [-0.15, -0.1) is 11.3 Å². The van der Waals surface area contributed by atoms with Crippen molar-refractivity contribution in [3.63, 3.8) is 0 Å². The van der Waals surface area contributed by atoms with E-state index >= 15 is 0 Å². The van der Waals surface area contributed by atoms with Crippen LogP contribution in [0.25, 0.3) is 10.7 Å². The smallest absolute Gasteiger partial charge is 0.143 e. The fraction of sp³-hybridized carbons (Fsp3) is 0.500. The zero-order valence-corrected chi connectivity index (χ0v) is 12.8. The number of nitrogens with zero attached hydrogens (tertiary/aromatic N) is 3. The summed E-state index contributed by atoms with van der Waals surface area (Å²) in [4.78, 5) is 12.8. The van der Waals surface area contributed by atoms with E-state index in [4.69, 9.17) is 0 Å². The number of thiazole rings is 1. The SMILES string of the molecule is CC(NCCc1csc(-c2cnccn2)n1)C(C)(C)O. The van der Waals surface area contributed by atoms with Crippen LogP contribution in [0, 0.1) is 0 Å². The van der Waals surface area contributed by atoms with E-state index in [0.717, 1.165) is 29.4 Å². The van der Waals surface area contributed by atoms with Crippen LogP contribution in [-0.2, 0) is 6.42 Å². The van der Waals surface area contributed by atoms with Gasteiger partial charge in [0.25, 0.3) is 0 Å². The molecule has 0 fully saturated rings. The van der Waals surface area contributed by atoms with Crippen LogP contribution in [0.15, 0.2) is 24.0 Å². The van der Waals surface area contributed by atoms with Gasteiger partial charge in [-0.2, -0.15) is 0 Å². The minimum Gasteiger partial charge on any atom is -0.389 e. The molecule has 0 radical (unpaired) electrons. The summed E-state index contributed by atoms with van der Waals surface area (Å²) in [5.74, 6) is 0. The number of nitrogens with one attached hydrogen (secondary N) is 1. The lowest BCUT2D eigenvalue weighted by Gasteiger charge is -2.26. The minimum atomic E-state index is -0.715. The van der Waals surface area contributed by atoms with Crippen molar-refractivity contribution >= 4 is 11.3 Å². The average Bonchev–Trinajstić information content (AvgIpc) is 2.87. The van der Waals surface area contributed by atoms with Crippen molar-refractivity contribution in [1.82, 2.24) is 20.3 Å². The quantitative estimate of drug-likeness (QED) is 0.851. The fourth-order valence-corrected chi connectivity index (χ4v) is 2.43. The molecule has 2 rings (SSSR count). The molecule has 5 nitrogen and oxygen atoms in total. The van der Waals surface area contributed by atoms with Crippen LogP contribution in [-0.4, -0.2) is 38.2 Å². The van der Waals surface area contributed by atoms with Crippen LogP contribution in [0.5, 0.6) is 0 Å². The Labute approximate surface area is 123 Å². The molecule has 108 valence electrons. The summed E-state index contributed by atoms with van der Waals surface area (Å²) in [7, 11) is 0. The Kier molecular flexibility index (Phi) is 4.80. The van der Waals surface area contributed by atoms with Gasteiger partial charge in [-0.25, -0.2) is 4.98 Å². The second-order valence-corrected chi connectivity index (χ2v) is 6.17. The van der Waals surface area contributed by atoms with Crippen molar-refractivity contribution in [2.45, 2.75) is 38.8 Å². The number of aromatic nitrogens is 3. The predicted octanol–water partition coefficient (Wildman–Crippen LogP) is 1.89. The van der Waals surface area contributed by atoms with E-state index in [-0.39, 0.29) is 6.04 Å². The van der Waals surface area contributed by atoms with Crippen molar-refractivity contribution < 1.29 is 5.11 Å². The highest BCUT2D eigenvalue weighted by molar-refractivity contribution is 7.13. The van der Waals surface area contributed by atoms with Gasteiger partial charge in [-0.05, 0) is 20.8 Å². The highest BCUT2D eigenvalue weighted by Crippen LogP contribution is 2.20. The predicted molar refractivity (Wildman–Crippen MR) is 80.6 cm³/mol. The molecule has 1 unspecified atom stereocenters. The van der Waals surface area contributed by atoms with Crippen molar-refractivity contribution in [3.05, 3.63) is 29.7 Å². The number of hydrogen-bond donors (Lipinski definition) is 2. The van der Waals surface area contributed by atoms with Gasteiger partial charge in [-0.1, -0.05) is 0 Å². The van der Waals surface area contributed by atoms with Gasteiger partial charge in [0.15, 0.2) is 0 Å². The van der Waals surface area contributed by atoms with Gasteiger partial charge >= 0.3 is 0 Å². The topological polar surface area (TPSA) is 70.9 Å². The first-order chi connectivity index (χ1) is 9.47. The molecule has 0 saturated heterocycles. The van der Waals surface area contributed by atoms with Crippen LogP contribution >= 0.6 is 11.3 Å². The van der Waals surface area contributed by atoms with E-state index in [1.807, 2.05) is 12.3 Å². The van der Waals surface area contributed by atoms with Crippen LogP contribution < -0.4 is 5.32 Å². The minimum absolute atomic E-state index is 0.0422. The Morgan fingerprint density at radius 1 is 1.40 bits per heavy atom. The molecule has 0 aliphatic heterocycles. The number of rotatable bonds is 6. The van der Waals surface area contributed by atoms with Gasteiger partial charge in [0.2, 0.25) is 0 Å². The van der Waals surface area contributed by atoms with Gasteiger partial charge < -0.3 is 10.4 Å². The lowest BCUT2D eigenvalue weighted by molar-refractivity contribution is 0.0446. The van der Waals surface area contributed by atoms with Gasteiger partial charge in [0.1, 0.15) is 10.7 Å². The van der Waals surface area contributed by atoms with Crippen LogP contribution in [0.3, 0.4) is 0 Å². The van der Waals surface area contributed by atoms with Crippen LogP contribution in [0.2, 0.25) is 0 Å². The van der Waals surface area contributed by atoms with Crippen molar-refractivity contribution in [2.75, 3.05) is 6.54 Å². The summed E-state index contributed by atoms with van der Waals surface area (Å²) in [6.45, 7) is 6.38. The van der Waals surface area contributed by atoms with Gasteiger partial charge in [0, 0.05) is 36.8 Å². The molecule has 2 aromatic heterocycles. The Balaban J connectivity index is 1.88. The van der Waals surface area contributed by atoms with Crippen molar-refractivity contribution in [3.8, 4) is 10.7 Å². The zero-order valence-electron chi connectivity index (χ0n) is 12.0. The normalized spacial score (nSPS) is 13.4. The molecular formula is C14H20N4OS. The summed E-state index contributed by atoms with van der Waals surface area (Å²) in [6.07, 6.45) is 5.87. The second kappa shape index (κ2) is 6.39. The third kappa shape index (κ3) is 4.06. The third-order valence-electron chi connectivity index (χ3n) is 3.23. The maximum atomic E-state index is 9.84. The van der Waals surface area contributed by atoms with E-state index in [0.29, 0.717) is 0 Å². The first kappa shape index (κ1) is 15.0. The van der Waals surface area contributed by atoms with E-state index in [2.05, 4.69) is 20.3 Å². The lowest BCUT2D eigenvalue weighted by Crippen LogP contribution is -2.45. The van der Waals surface area contributed by atoms with Gasteiger partial charge in [0.05, 0.1) is 17.5 Å². The first-order valence-electron chi connectivity index (χ1n) is 6.63. The highest BCUT2D eigenvalue weighted by Gasteiger charge is 2.21. The molecule has 20 heavy (non-hydrogen) atoms. The average molecular weight is 292 g/mol. The summed E-state index contributed by atoms with van der Waals surface area (Å²) >= 11 is 1.58. The molecule has 2 aromatic rings.